The molecule has 1 N–H and O–H groups in total. The van der Waals surface area contributed by atoms with Crippen LogP contribution in [-0.4, -0.2) is 6.54 Å². The third-order valence-electron chi connectivity index (χ3n) is 3.13. The zero-order valence-electron chi connectivity index (χ0n) is 11.2. The number of nitrogens with one attached hydrogen (secondary N) is 1. The number of hydrogen-bond acceptors (Lipinski definition) is 1. The van der Waals surface area contributed by atoms with E-state index in [0.717, 1.165) is 29.1 Å². The summed E-state index contributed by atoms with van der Waals surface area (Å²) in [5.41, 5.74) is 2.07. The third kappa shape index (κ3) is 4.05. The number of rotatable bonds is 5. The first-order chi connectivity index (χ1) is 9.60. The van der Waals surface area contributed by atoms with Gasteiger partial charge in [-0.25, -0.2) is 4.39 Å². The summed E-state index contributed by atoms with van der Waals surface area (Å²) in [5, 5.41) is 4.11. The molecule has 0 aliphatic carbocycles. The van der Waals surface area contributed by atoms with E-state index in [2.05, 4.69) is 21.2 Å². The lowest BCUT2D eigenvalue weighted by Crippen LogP contribution is -2.23. The molecule has 0 bridgehead atoms. The molecule has 0 amide bonds. The zero-order chi connectivity index (χ0) is 14.5. The maximum Gasteiger partial charge on any atom is 0.137 e. The van der Waals surface area contributed by atoms with Crippen molar-refractivity contribution in [3.63, 3.8) is 0 Å². The van der Waals surface area contributed by atoms with Crippen LogP contribution in [0.15, 0.2) is 46.9 Å². The normalized spacial score (nSPS) is 12.4. The fraction of sp³-hybridized carbons (Fsp3) is 0.250. The number of halogens is 3. The molecule has 0 fully saturated rings. The summed E-state index contributed by atoms with van der Waals surface area (Å²) in [6.07, 6.45) is 0.773. The van der Waals surface area contributed by atoms with Crippen LogP contribution in [0.4, 0.5) is 4.39 Å². The van der Waals surface area contributed by atoms with Crippen molar-refractivity contribution < 1.29 is 4.39 Å². The van der Waals surface area contributed by atoms with Gasteiger partial charge in [-0.1, -0.05) is 36.7 Å². The van der Waals surface area contributed by atoms with E-state index in [1.165, 1.54) is 0 Å². The quantitative estimate of drug-likeness (QED) is 0.782. The van der Waals surface area contributed by atoms with Gasteiger partial charge in [0.15, 0.2) is 0 Å². The highest BCUT2D eigenvalue weighted by molar-refractivity contribution is 9.10. The number of likely N-dealkylation sites (N-methyl/N-ethyl adjacent to an activating group) is 1. The molecule has 106 valence electrons. The topological polar surface area (TPSA) is 12.0 Å². The highest BCUT2D eigenvalue weighted by Crippen LogP contribution is 2.24. The Balaban J connectivity index is 2.24. The van der Waals surface area contributed by atoms with Crippen molar-refractivity contribution >= 4 is 27.5 Å². The van der Waals surface area contributed by atoms with E-state index in [1.54, 1.807) is 12.1 Å². The van der Waals surface area contributed by atoms with Crippen LogP contribution in [0.25, 0.3) is 0 Å². The highest BCUT2D eigenvalue weighted by atomic mass is 79.9. The maximum absolute atomic E-state index is 13.7. The summed E-state index contributed by atoms with van der Waals surface area (Å²) in [5.74, 6) is -0.239. The van der Waals surface area contributed by atoms with Gasteiger partial charge in [0, 0.05) is 11.1 Å². The summed E-state index contributed by atoms with van der Waals surface area (Å²) in [7, 11) is 0. The molecular weight excluding hydrogens is 341 g/mol. The van der Waals surface area contributed by atoms with Gasteiger partial charge >= 0.3 is 0 Å². The van der Waals surface area contributed by atoms with Crippen LogP contribution in [0.1, 0.15) is 24.1 Å². The van der Waals surface area contributed by atoms with Crippen molar-refractivity contribution in [1.29, 1.82) is 0 Å². The molecule has 0 saturated heterocycles. The summed E-state index contributed by atoms with van der Waals surface area (Å²) in [6.45, 7) is 2.86. The smallest absolute Gasteiger partial charge is 0.137 e. The lowest BCUT2D eigenvalue weighted by Gasteiger charge is -2.19. The van der Waals surface area contributed by atoms with E-state index in [4.69, 9.17) is 11.6 Å². The van der Waals surface area contributed by atoms with Crippen LogP contribution in [0.5, 0.6) is 0 Å². The van der Waals surface area contributed by atoms with E-state index >= 15 is 0 Å². The molecule has 0 aromatic heterocycles. The maximum atomic E-state index is 13.7. The Morgan fingerprint density at radius 3 is 2.70 bits per heavy atom. The molecule has 1 unspecified atom stereocenters. The van der Waals surface area contributed by atoms with Crippen LogP contribution >= 0.6 is 27.5 Å². The molecule has 2 rings (SSSR count). The molecule has 0 aliphatic heterocycles. The molecule has 2 aromatic rings. The lowest BCUT2D eigenvalue weighted by atomic mass is 9.99. The van der Waals surface area contributed by atoms with Gasteiger partial charge in [0.25, 0.3) is 0 Å². The Morgan fingerprint density at radius 1 is 1.25 bits per heavy atom. The second kappa shape index (κ2) is 7.21. The minimum absolute atomic E-state index is 0.0704. The molecule has 0 aliphatic rings. The van der Waals surface area contributed by atoms with Crippen LogP contribution in [0, 0.1) is 5.82 Å². The molecule has 2 aromatic carbocycles. The Bertz CT molecular complexity index is 588. The van der Waals surface area contributed by atoms with Crippen LogP contribution < -0.4 is 5.32 Å². The van der Waals surface area contributed by atoms with E-state index in [0.29, 0.717) is 4.47 Å². The Morgan fingerprint density at radius 2 is 2.05 bits per heavy atom. The molecule has 4 heteroatoms. The van der Waals surface area contributed by atoms with E-state index < -0.39 is 0 Å². The van der Waals surface area contributed by atoms with Crippen molar-refractivity contribution in [3.05, 3.63) is 68.9 Å². The number of benzene rings is 2. The molecule has 20 heavy (non-hydrogen) atoms. The van der Waals surface area contributed by atoms with Gasteiger partial charge in [0.1, 0.15) is 5.82 Å². The van der Waals surface area contributed by atoms with Gasteiger partial charge in [-0.3, -0.25) is 0 Å². The van der Waals surface area contributed by atoms with Gasteiger partial charge in [-0.2, -0.15) is 0 Å². The van der Waals surface area contributed by atoms with Crippen molar-refractivity contribution in [2.75, 3.05) is 6.54 Å². The Kier molecular flexibility index (Phi) is 5.58. The Hall–Kier alpha value is -0.900. The molecule has 0 spiro atoms. The molecular formula is C16H16BrClFN. The summed E-state index contributed by atoms with van der Waals surface area (Å²) < 4.78 is 14.2. The minimum Gasteiger partial charge on any atom is -0.310 e. The average Bonchev–Trinajstić information content (AvgIpc) is 2.41. The fourth-order valence-electron chi connectivity index (χ4n) is 2.18. The predicted molar refractivity (Wildman–Crippen MR) is 85.7 cm³/mol. The molecule has 1 nitrogen and oxygen atoms in total. The van der Waals surface area contributed by atoms with Gasteiger partial charge in [-0.05, 0) is 64.3 Å². The second-order valence-corrected chi connectivity index (χ2v) is 5.91. The first kappa shape index (κ1) is 15.5. The monoisotopic (exact) mass is 355 g/mol. The van der Waals surface area contributed by atoms with E-state index in [9.17, 15) is 4.39 Å². The third-order valence-corrected chi connectivity index (χ3v) is 4.00. The molecule has 1 atom stereocenters. The van der Waals surface area contributed by atoms with Crippen molar-refractivity contribution in [2.24, 2.45) is 0 Å². The standard InChI is InChI=1S/C16H16BrClFN/c1-2-20-16(9-11-4-3-5-13(18)8-11)12-6-7-14(17)15(19)10-12/h3-8,10,16,20H,2,9H2,1H3. The van der Waals surface area contributed by atoms with Gasteiger partial charge < -0.3 is 5.32 Å². The highest BCUT2D eigenvalue weighted by Gasteiger charge is 2.13. The van der Waals surface area contributed by atoms with Crippen LogP contribution in [0.3, 0.4) is 0 Å². The fourth-order valence-corrected chi connectivity index (χ4v) is 2.64. The summed E-state index contributed by atoms with van der Waals surface area (Å²) >= 11 is 9.19. The first-order valence-electron chi connectivity index (χ1n) is 6.53. The van der Waals surface area contributed by atoms with Crippen molar-refractivity contribution in [2.45, 2.75) is 19.4 Å². The summed E-state index contributed by atoms with van der Waals surface area (Å²) in [6, 6.07) is 13.1. The van der Waals surface area contributed by atoms with Gasteiger partial charge in [-0.15, -0.1) is 0 Å². The van der Waals surface area contributed by atoms with Crippen molar-refractivity contribution in [1.82, 2.24) is 5.32 Å². The second-order valence-electron chi connectivity index (χ2n) is 4.62. The van der Waals surface area contributed by atoms with E-state index in [-0.39, 0.29) is 11.9 Å². The Labute approximate surface area is 132 Å². The van der Waals surface area contributed by atoms with Crippen LogP contribution in [-0.2, 0) is 6.42 Å². The van der Waals surface area contributed by atoms with E-state index in [1.807, 2.05) is 37.3 Å². The lowest BCUT2D eigenvalue weighted by molar-refractivity contribution is 0.542. The number of hydrogen-bond donors (Lipinski definition) is 1. The largest absolute Gasteiger partial charge is 0.310 e. The predicted octanol–water partition coefficient (Wildman–Crippen LogP) is 5.13. The minimum atomic E-state index is -0.239. The zero-order valence-corrected chi connectivity index (χ0v) is 13.5. The summed E-state index contributed by atoms with van der Waals surface area (Å²) in [4.78, 5) is 0. The van der Waals surface area contributed by atoms with Crippen LogP contribution in [0.2, 0.25) is 5.02 Å². The molecule has 0 saturated carbocycles. The average molecular weight is 357 g/mol. The van der Waals surface area contributed by atoms with Gasteiger partial charge in [0.2, 0.25) is 0 Å². The molecule has 0 radical (unpaired) electrons. The van der Waals surface area contributed by atoms with Gasteiger partial charge in [0.05, 0.1) is 4.47 Å². The first-order valence-corrected chi connectivity index (χ1v) is 7.70. The SMILES string of the molecule is CCNC(Cc1cccc(Cl)c1)c1ccc(Br)c(F)c1. The molecule has 0 heterocycles. The van der Waals surface area contributed by atoms with Crippen molar-refractivity contribution in [3.8, 4) is 0 Å².